The summed E-state index contributed by atoms with van der Waals surface area (Å²) in [6.45, 7) is 7.79. The van der Waals surface area contributed by atoms with Crippen molar-refractivity contribution in [1.29, 1.82) is 0 Å². The fraction of sp³-hybridized carbons (Fsp3) is 0.714. The number of likely N-dealkylation sites (N-methyl/N-ethyl adjacent to an activating group) is 1. The Morgan fingerprint density at radius 1 is 1.55 bits per heavy atom. The molecule has 1 aromatic heterocycles. The molecule has 0 saturated heterocycles. The van der Waals surface area contributed by atoms with E-state index in [2.05, 4.69) is 19.8 Å². The van der Waals surface area contributed by atoms with Crippen molar-refractivity contribution in [2.24, 2.45) is 0 Å². The van der Waals surface area contributed by atoms with Crippen LogP contribution < -0.4 is 5.32 Å². The van der Waals surface area contributed by atoms with Crippen LogP contribution in [0.3, 0.4) is 0 Å². The van der Waals surface area contributed by atoms with Gasteiger partial charge in [-0.05, 0) is 27.3 Å². The third-order valence-electron chi connectivity index (χ3n) is 4.03. The molecule has 0 aliphatic carbocycles. The van der Waals surface area contributed by atoms with Gasteiger partial charge in [-0.15, -0.1) is 0 Å². The van der Waals surface area contributed by atoms with Gasteiger partial charge < -0.3 is 14.6 Å². The molecule has 1 aliphatic rings. The van der Waals surface area contributed by atoms with Crippen LogP contribution in [0.2, 0.25) is 0 Å². The Balaban J connectivity index is 1.89. The lowest BCUT2D eigenvalue weighted by atomic mass is 9.97. The molecule has 2 heterocycles. The molecule has 1 atom stereocenters. The third-order valence-corrected chi connectivity index (χ3v) is 4.03. The molecule has 20 heavy (non-hydrogen) atoms. The number of carbonyl (C=O) groups is 1. The zero-order valence-corrected chi connectivity index (χ0v) is 12.6. The number of ether oxygens (including phenoxy) is 1. The van der Waals surface area contributed by atoms with Crippen molar-refractivity contribution in [3.8, 4) is 0 Å². The maximum absolute atomic E-state index is 12.0. The Kier molecular flexibility index (Phi) is 4.77. The molecule has 1 aliphatic heterocycles. The normalized spacial score (nSPS) is 18.4. The number of hydrogen-bond acceptors (Lipinski definition) is 5. The second kappa shape index (κ2) is 6.37. The van der Waals surface area contributed by atoms with Gasteiger partial charge in [-0.25, -0.2) is 4.98 Å². The van der Waals surface area contributed by atoms with Gasteiger partial charge in [0.2, 0.25) is 0 Å². The average molecular weight is 280 g/mol. The number of esters is 1. The summed E-state index contributed by atoms with van der Waals surface area (Å²) in [7, 11) is 1.81. The highest BCUT2D eigenvalue weighted by molar-refractivity contribution is 5.80. The predicted octanol–water partition coefficient (Wildman–Crippen LogP) is 0.630. The molecule has 0 fully saturated rings. The molecule has 0 radical (unpaired) electrons. The molecular formula is C14H24N4O2. The van der Waals surface area contributed by atoms with Gasteiger partial charge in [-0.3, -0.25) is 9.69 Å². The maximum atomic E-state index is 12.0. The number of nitrogens with one attached hydrogen (secondary N) is 1. The molecule has 1 unspecified atom stereocenters. The summed E-state index contributed by atoms with van der Waals surface area (Å²) >= 11 is 0. The number of nitrogens with zero attached hydrogens (tertiary/aromatic N) is 3. The van der Waals surface area contributed by atoms with Crippen LogP contribution in [-0.4, -0.2) is 52.7 Å². The van der Waals surface area contributed by atoms with Crippen LogP contribution in [0.4, 0.5) is 0 Å². The number of fused-ring (bicyclic) bond motifs is 1. The van der Waals surface area contributed by atoms with Crippen LogP contribution in [0.5, 0.6) is 0 Å². The topological polar surface area (TPSA) is 59.4 Å². The van der Waals surface area contributed by atoms with Gasteiger partial charge in [-0.2, -0.15) is 0 Å². The standard InChI is InChI=1S/C14H24N4O2/c1-4-20-13(19)14(2,15-3)5-7-17-9-10-18-8-6-16-12(18)11-17/h6,8,15H,4-5,7,9-11H2,1-3H3. The molecule has 0 amide bonds. The summed E-state index contributed by atoms with van der Waals surface area (Å²) in [5.74, 6) is 0.916. The van der Waals surface area contributed by atoms with Crippen LogP contribution in [0, 0.1) is 0 Å². The molecule has 6 nitrogen and oxygen atoms in total. The Morgan fingerprint density at radius 3 is 3.05 bits per heavy atom. The van der Waals surface area contributed by atoms with Gasteiger partial charge in [0.25, 0.3) is 0 Å². The van der Waals surface area contributed by atoms with Crippen molar-refractivity contribution >= 4 is 5.97 Å². The number of carbonyl (C=O) groups excluding carboxylic acids is 1. The maximum Gasteiger partial charge on any atom is 0.326 e. The van der Waals surface area contributed by atoms with E-state index in [1.54, 1.807) is 7.05 Å². The van der Waals surface area contributed by atoms with E-state index in [9.17, 15) is 4.79 Å². The number of rotatable bonds is 6. The lowest BCUT2D eigenvalue weighted by Crippen LogP contribution is -2.51. The summed E-state index contributed by atoms with van der Waals surface area (Å²) < 4.78 is 7.32. The zero-order valence-electron chi connectivity index (χ0n) is 12.6. The van der Waals surface area contributed by atoms with E-state index < -0.39 is 5.54 Å². The van der Waals surface area contributed by atoms with Crippen LogP contribution in [0.15, 0.2) is 12.4 Å². The van der Waals surface area contributed by atoms with Crippen LogP contribution in [0.25, 0.3) is 0 Å². The van der Waals surface area contributed by atoms with Crippen molar-refractivity contribution in [1.82, 2.24) is 19.8 Å². The summed E-state index contributed by atoms with van der Waals surface area (Å²) in [5, 5.41) is 3.09. The fourth-order valence-corrected chi connectivity index (χ4v) is 2.42. The van der Waals surface area contributed by atoms with Gasteiger partial charge in [0.15, 0.2) is 0 Å². The first-order chi connectivity index (χ1) is 9.59. The van der Waals surface area contributed by atoms with Crippen molar-refractivity contribution in [2.45, 2.75) is 38.9 Å². The van der Waals surface area contributed by atoms with Crippen molar-refractivity contribution in [2.75, 3.05) is 26.7 Å². The van der Waals surface area contributed by atoms with Gasteiger partial charge in [0.1, 0.15) is 11.4 Å². The SMILES string of the molecule is CCOC(=O)C(C)(CCN1CCn2ccnc2C1)NC. The predicted molar refractivity (Wildman–Crippen MR) is 76.2 cm³/mol. The van der Waals surface area contributed by atoms with E-state index in [4.69, 9.17) is 4.74 Å². The van der Waals surface area contributed by atoms with Crippen LogP contribution in [0.1, 0.15) is 26.1 Å². The summed E-state index contributed by atoms with van der Waals surface area (Å²) in [6, 6.07) is 0. The molecule has 2 rings (SSSR count). The fourth-order valence-electron chi connectivity index (χ4n) is 2.42. The zero-order chi connectivity index (χ0) is 14.6. The molecule has 0 bridgehead atoms. The minimum absolute atomic E-state index is 0.180. The van der Waals surface area contributed by atoms with Gasteiger partial charge in [0, 0.05) is 32.0 Å². The summed E-state index contributed by atoms with van der Waals surface area (Å²) in [5.41, 5.74) is -0.622. The first-order valence-electron chi connectivity index (χ1n) is 7.17. The number of hydrogen-bond donors (Lipinski definition) is 1. The highest BCUT2D eigenvalue weighted by Gasteiger charge is 2.33. The van der Waals surface area contributed by atoms with Crippen molar-refractivity contribution in [3.05, 3.63) is 18.2 Å². The first kappa shape index (κ1) is 15.0. The first-order valence-corrected chi connectivity index (χ1v) is 7.17. The van der Waals surface area contributed by atoms with E-state index >= 15 is 0 Å². The van der Waals surface area contributed by atoms with Crippen molar-refractivity contribution in [3.63, 3.8) is 0 Å². The average Bonchev–Trinajstić information content (AvgIpc) is 2.92. The van der Waals surface area contributed by atoms with Crippen LogP contribution >= 0.6 is 0 Å². The van der Waals surface area contributed by atoms with Gasteiger partial charge >= 0.3 is 5.97 Å². The monoisotopic (exact) mass is 280 g/mol. The highest BCUT2D eigenvalue weighted by atomic mass is 16.5. The summed E-state index contributed by atoms with van der Waals surface area (Å²) in [6.07, 6.45) is 4.58. The molecule has 1 aromatic rings. The van der Waals surface area contributed by atoms with Crippen molar-refractivity contribution < 1.29 is 9.53 Å². The summed E-state index contributed by atoms with van der Waals surface area (Å²) in [4.78, 5) is 18.7. The van der Waals surface area contributed by atoms with E-state index in [-0.39, 0.29) is 5.97 Å². The largest absolute Gasteiger partial charge is 0.465 e. The smallest absolute Gasteiger partial charge is 0.326 e. The lowest BCUT2D eigenvalue weighted by molar-refractivity contribution is -0.150. The molecule has 0 saturated carbocycles. The Hall–Kier alpha value is -1.40. The van der Waals surface area contributed by atoms with E-state index in [0.717, 1.165) is 38.4 Å². The Labute approximate surface area is 120 Å². The molecule has 6 heteroatoms. The third kappa shape index (κ3) is 3.19. The molecule has 112 valence electrons. The minimum Gasteiger partial charge on any atom is -0.465 e. The quantitative estimate of drug-likeness (QED) is 0.775. The second-order valence-electron chi connectivity index (χ2n) is 5.37. The number of aromatic nitrogens is 2. The van der Waals surface area contributed by atoms with E-state index in [1.807, 2.05) is 26.2 Å². The van der Waals surface area contributed by atoms with E-state index in [0.29, 0.717) is 6.61 Å². The molecule has 0 aromatic carbocycles. The Bertz CT molecular complexity index is 460. The molecular weight excluding hydrogens is 256 g/mol. The second-order valence-corrected chi connectivity index (χ2v) is 5.37. The van der Waals surface area contributed by atoms with E-state index in [1.165, 1.54) is 0 Å². The number of imidazole rings is 1. The van der Waals surface area contributed by atoms with Gasteiger partial charge in [-0.1, -0.05) is 0 Å². The lowest BCUT2D eigenvalue weighted by Gasteiger charge is -2.32. The highest BCUT2D eigenvalue weighted by Crippen LogP contribution is 2.16. The Morgan fingerprint density at radius 2 is 2.35 bits per heavy atom. The molecule has 1 N–H and O–H groups in total. The minimum atomic E-state index is -0.622. The van der Waals surface area contributed by atoms with Gasteiger partial charge in [0.05, 0.1) is 13.2 Å². The van der Waals surface area contributed by atoms with Crippen LogP contribution in [-0.2, 0) is 22.6 Å². The molecule has 0 spiro atoms.